The second-order valence-corrected chi connectivity index (χ2v) is 6.95. The van der Waals surface area contributed by atoms with Gasteiger partial charge in [0, 0.05) is 24.7 Å². The molecule has 0 atom stereocenters. The number of hydrogen-bond acceptors (Lipinski definition) is 5. The molecule has 0 saturated carbocycles. The van der Waals surface area contributed by atoms with Crippen LogP contribution in [0.1, 0.15) is 38.0 Å². The van der Waals surface area contributed by atoms with E-state index in [2.05, 4.69) is 25.6 Å². The van der Waals surface area contributed by atoms with Crippen molar-refractivity contribution in [1.82, 2.24) is 20.6 Å². The van der Waals surface area contributed by atoms with E-state index in [0.29, 0.717) is 24.9 Å². The zero-order valence-corrected chi connectivity index (χ0v) is 16.2. The van der Waals surface area contributed by atoms with E-state index >= 15 is 0 Å². The standard InChI is InChI=1S/C18H24F3N5O2/c1-17(2,3)13-10-25-15(28-13)11-26-16(22-4)23-7-8-27-14-6-5-12(9-24-14)18(19,20)21/h5-6,9-10H,7-8,11H2,1-4H3,(H2,22,23,26). The Bertz CT molecular complexity index is 780. The average Bonchev–Trinajstić information content (AvgIpc) is 3.10. The predicted molar refractivity (Wildman–Crippen MR) is 98.1 cm³/mol. The molecular weight excluding hydrogens is 375 g/mol. The van der Waals surface area contributed by atoms with Crippen LogP contribution in [0.25, 0.3) is 0 Å². The second-order valence-electron chi connectivity index (χ2n) is 6.95. The summed E-state index contributed by atoms with van der Waals surface area (Å²) < 4.78 is 48.5. The number of aliphatic imine (C=N–C) groups is 1. The molecule has 0 fully saturated rings. The fourth-order valence-electron chi connectivity index (χ4n) is 2.08. The Morgan fingerprint density at radius 1 is 1.14 bits per heavy atom. The van der Waals surface area contributed by atoms with Crippen molar-refractivity contribution in [2.75, 3.05) is 20.2 Å². The molecule has 0 bridgehead atoms. The van der Waals surface area contributed by atoms with Crippen molar-refractivity contribution in [1.29, 1.82) is 0 Å². The van der Waals surface area contributed by atoms with Crippen molar-refractivity contribution in [3.05, 3.63) is 41.7 Å². The highest BCUT2D eigenvalue weighted by molar-refractivity contribution is 5.79. The molecule has 2 heterocycles. The maximum Gasteiger partial charge on any atom is 0.417 e. The summed E-state index contributed by atoms with van der Waals surface area (Å²) in [5, 5.41) is 6.08. The van der Waals surface area contributed by atoms with Crippen LogP contribution in [-0.4, -0.2) is 36.1 Å². The first-order chi connectivity index (χ1) is 13.1. The summed E-state index contributed by atoms with van der Waals surface area (Å²) >= 11 is 0. The SMILES string of the molecule is CN=C(NCCOc1ccc(C(F)(F)F)cn1)NCc1ncc(C(C)(C)C)o1. The predicted octanol–water partition coefficient (Wildman–Crippen LogP) is 3.13. The molecule has 2 N–H and O–H groups in total. The molecule has 0 aliphatic rings. The van der Waals surface area contributed by atoms with Gasteiger partial charge in [0.15, 0.2) is 5.96 Å². The molecule has 0 aromatic carbocycles. The molecule has 154 valence electrons. The summed E-state index contributed by atoms with van der Waals surface area (Å²) in [7, 11) is 1.61. The first kappa shape index (κ1) is 21.5. The van der Waals surface area contributed by atoms with Crippen molar-refractivity contribution >= 4 is 5.96 Å². The fraction of sp³-hybridized carbons (Fsp3) is 0.500. The first-order valence-corrected chi connectivity index (χ1v) is 8.65. The zero-order valence-electron chi connectivity index (χ0n) is 16.2. The fourth-order valence-corrected chi connectivity index (χ4v) is 2.08. The third kappa shape index (κ3) is 6.43. The lowest BCUT2D eigenvalue weighted by molar-refractivity contribution is -0.137. The number of pyridine rings is 1. The van der Waals surface area contributed by atoms with Crippen LogP contribution in [0.4, 0.5) is 13.2 Å². The van der Waals surface area contributed by atoms with Gasteiger partial charge in [0.1, 0.15) is 12.4 Å². The average molecular weight is 399 g/mol. The van der Waals surface area contributed by atoms with Gasteiger partial charge in [-0.2, -0.15) is 13.2 Å². The van der Waals surface area contributed by atoms with E-state index in [1.807, 2.05) is 20.8 Å². The molecule has 0 aliphatic heterocycles. The van der Waals surface area contributed by atoms with E-state index in [1.54, 1.807) is 13.2 Å². The van der Waals surface area contributed by atoms with Crippen LogP contribution in [0.2, 0.25) is 0 Å². The van der Waals surface area contributed by atoms with Crippen LogP contribution >= 0.6 is 0 Å². The molecule has 28 heavy (non-hydrogen) atoms. The highest BCUT2D eigenvalue weighted by Gasteiger charge is 2.30. The number of rotatable bonds is 6. The molecule has 0 amide bonds. The Balaban J connectivity index is 1.73. The van der Waals surface area contributed by atoms with Crippen LogP contribution in [0.3, 0.4) is 0 Å². The molecule has 10 heteroatoms. The van der Waals surface area contributed by atoms with Crippen molar-refractivity contribution in [2.45, 2.75) is 38.9 Å². The van der Waals surface area contributed by atoms with Crippen LogP contribution < -0.4 is 15.4 Å². The van der Waals surface area contributed by atoms with Crippen molar-refractivity contribution in [3.63, 3.8) is 0 Å². The normalized spacial score (nSPS) is 12.8. The van der Waals surface area contributed by atoms with Crippen LogP contribution in [0, 0.1) is 0 Å². The maximum absolute atomic E-state index is 12.5. The molecular formula is C18H24F3N5O2. The Morgan fingerprint density at radius 3 is 2.43 bits per heavy atom. The van der Waals surface area contributed by atoms with E-state index in [-0.39, 0.29) is 17.9 Å². The van der Waals surface area contributed by atoms with Gasteiger partial charge < -0.3 is 19.8 Å². The van der Waals surface area contributed by atoms with Gasteiger partial charge in [0.05, 0.1) is 24.8 Å². The zero-order chi connectivity index (χ0) is 20.8. The third-order valence-electron chi connectivity index (χ3n) is 3.63. The number of ether oxygens (including phenoxy) is 1. The summed E-state index contributed by atoms with van der Waals surface area (Å²) in [6.45, 7) is 7.05. The molecule has 0 saturated heterocycles. The molecule has 0 unspecified atom stereocenters. The summed E-state index contributed by atoms with van der Waals surface area (Å²) in [5.74, 6) is 1.97. The number of aromatic nitrogens is 2. The van der Waals surface area contributed by atoms with Crippen molar-refractivity contribution in [2.24, 2.45) is 4.99 Å². The number of nitrogens with one attached hydrogen (secondary N) is 2. The minimum absolute atomic E-state index is 0.116. The molecule has 0 aliphatic carbocycles. The van der Waals surface area contributed by atoms with Crippen LogP contribution in [0.15, 0.2) is 33.9 Å². The third-order valence-corrected chi connectivity index (χ3v) is 3.63. The Morgan fingerprint density at radius 2 is 1.89 bits per heavy atom. The Hall–Kier alpha value is -2.78. The highest BCUT2D eigenvalue weighted by atomic mass is 19.4. The van der Waals surface area contributed by atoms with Crippen LogP contribution in [0.5, 0.6) is 5.88 Å². The molecule has 0 spiro atoms. The maximum atomic E-state index is 12.5. The lowest BCUT2D eigenvalue weighted by Crippen LogP contribution is -2.39. The Kier molecular flexibility index (Phi) is 6.87. The van der Waals surface area contributed by atoms with E-state index in [9.17, 15) is 13.2 Å². The van der Waals surface area contributed by atoms with E-state index in [4.69, 9.17) is 9.15 Å². The van der Waals surface area contributed by atoms with Gasteiger partial charge in [-0.25, -0.2) is 9.97 Å². The largest absolute Gasteiger partial charge is 0.476 e. The number of guanidine groups is 1. The minimum atomic E-state index is -4.41. The first-order valence-electron chi connectivity index (χ1n) is 8.65. The molecule has 2 rings (SSSR count). The lowest BCUT2D eigenvalue weighted by Gasteiger charge is -2.13. The topological polar surface area (TPSA) is 84.6 Å². The van der Waals surface area contributed by atoms with Crippen molar-refractivity contribution in [3.8, 4) is 5.88 Å². The number of nitrogens with zero attached hydrogens (tertiary/aromatic N) is 3. The monoisotopic (exact) mass is 399 g/mol. The summed E-state index contributed by atoms with van der Waals surface area (Å²) in [6.07, 6.45) is -1.97. The van der Waals surface area contributed by atoms with Gasteiger partial charge in [-0.15, -0.1) is 0 Å². The number of hydrogen-bond donors (Lipinski definition) is 2. The van der Waals surface area contributed by atoms with Gasteiger partial charge in [-0.1, -0.05) is 20.8 Å². The van der Waals surface area contributed by atoms with Gasteiger partial charge >= 0.3 is 6.18 Å². The second kappa shape index (κ2) is 8.94. The molecule has 0 radical (unpaired) electrons. The quantitative estimate of drug-likeness (QED) is 0.441. The number of alkyl halides is 3. The summed E-state index contributed by atoms with van der Waals surface area (Å²) in [6, 6.07) is 2.11. The van der Waals surface area contributed by atoms with Crippen molar-refractivity contribution < 1.29 is 22.3 Å². The highest BCUT2D eigenvalue weighted by Crippen LogP contribution is 2.29. The van der Waals surface area contributed by atoms with Gasteiger partial charge in [-0.3, -0.25) is 4.99 Å². The molecule has 2 aromatic heterocycles. The minimum Gasteiger partial charge on any atom is -0.476 e. The number of halogens is 3. The molecule has 7 nitrogen and oxygen atoms in total. The summed E-state index contributed by atoms with van der Waals surface area (Å²) in [4.78, 5) is 11.9. The van der Waals surface area contributed by atoms with Crippen LogP contribution in [-0.2, 0) is 18.1 Å². The van der Waals surface area contributed by atoms with E-state index < -0.39 is 11.7 Å². The van der Waals surface area contributed by atoms with Gasteiger partial charge in [0.2, 0.25) is 11.8 Å². The van der Waals surface area contributed by atoms with Gasteiger partial charge in [-0.05, 0) is 6.07 Å². The number of oxazole rings is 1. The smallest absolute Gasteiger partial charge is 0.417 e. The lowest BCUT2D eigenvalue weighted by atomic mass is 9.94. The molecule has 2 aromatic rings. The Labute approximate surface area is 161 Å². The van der Waals surface area contributed by atoms with Gasteiger partial charge in [0.25, 0.3) is 0 Å². The van der Waals surface area contributed by atoms with E-state index in [1.165, 1.54) is 6.07 Å². The summed E-state index contributed by atoms with van der Waals surface area (Å²) in [5.41, 5.74) is -0.932. The van der Waals surface area contributed by atoms with E-state index in [0.717, 1.165) is 18.0 Å².